The van der Waals surface area contributed by atoms with Gasteiger partial charge in [0, 0.05) is 31.6 Å². The summed E-state index contributed by atoms with van der Waals surface area (Å²) in [5.41, 5.74) is 0. The highest BCUT2D eigenvalue weighted by atomic mass is 32.2. The third-order valence-electron chi connectivity index (χ3n) is 3.22. The average molecular weight is 304 g/mol. The molecule has 1 unspecified atom stereocenters. The van der Waals surface area contributed by atoms with Gasteiger partial charge in [0.1, 0.15) is 4.21 Å². The van der Waals surface area contributed by atoms with E-state index in [1.54, 1.807) is 13.2 Å². The molecule has 0 aliphatic carbocycles. The lowest BCUT2D eigenvalue weighted by molar-refractivity contribution is 0.115. The predicted octanol–water partition coefficient (Wildman–Crippen LogP) is 1.27. The number of nitrogens with zero attached hydrogens (tertiary/aromatic N) is 1. The molecular formula is C12H20N2O3S2. The van der Waals surface area contributed by atoms with E-state index in [1.807, 2.05) is 13.0 Å². The molecule has 0 saturated carbocycles. The lowest BCUT2D eigenvalue weighted by atomic mass is 10.3. The van der Waals surface area contributed by atoms with Crippen LogP contribution in [0.3, 0.4) is 0 Å². The Morgan fingerprint density at radius 3 is 2.95 bits per heavy atom. The van der Waals surface area contributed by atoms with Gasteiger partial charge in [-0.15, -0.1) is 11.3 Å². The van der Waals surface area contributed by atoms with Gasteiger partial charge >= 0.3 is 0 Å². The summed E-state index contributed by atoms with van der Waals surface area (Å²) in [5, 5.41) is 3.20. The van der Waals surface area contributed by atoms with Crippen molar-refractivity contribution in [2.75, 3.05) is 26.7 Å². The van der Waals surface area contributed by atoms with E-state index in [9.17, 15) is 8.42 Å². The van der Waals surface area contributed by atoms with Crippen LogP contribution in [0.4, 0.5) is 0 Å². The lowest BCUT2D eigenvalue weighted by Crippen LogP contribution is -2.29. The summed E-state index contributed by atoms with van der Waals surface area (Å²) in [6, 6.07) is 3.58. The molecule has 5 nitrogen and oxygen atoms in total. The highest BCUT2D eigenvalue weighted by Crippen LogP contribution is 2.27. The van der Waals surface area contributed by atoms with Crippen molar-refractivity contribution < 1.29 is 13.2 Å². The molecule has 0 radical (unpaired) electrons. The van der Waals surface area contributed by atoms with Crippen molar-refractivity contribution in [1.82, 2.24) is 9.62 Å². The largest absolute Gasteiger partial charge is 0.380 e. The van der Waals surface area contributed by atoms with E-state index < -0.39 is 10.0 Å². The Balaban J connectivity index is 2.09. The van der Waals surface area contributed by atoms with E-state index in [1.165, 1.54) is 15.6 Å². The Bertz CT molecular complexity index is 513. The first-order chi connectivity index (χ1) is 9.07. The van der Waals surface area contributed by atoms with Gasteiger partial charge < -0.3 is 10.1 Å². The fraction of sp³-hybridized carbons (Fsp3) is 0.667. The topological polar surface area (TPSA) is 58.6 Å². The molecule has 1 saturated heterocycles. The molecule has 1 atom stereocenters. The lowest BCUT2D eigenvalue weighted by Gasteiger charge is -2.14. The molecule has 1 fully saturated rings. The van der Waals surface area contributed by atoms with Crippen LogP contribution >= 0.6 is 11.3 Å². The molecule has 0 amide bonds. The monoisotopic (exact) mass is 304 g/mol. The summed E-state index contributed by atoms with van der Waals surface area (Å²) in [6.07, 6.45) is 0.793. The molecular weight excluding hydrogens is 284 g/mol. The molecule has 1 aliphatic rings. The van der Waals surface area contributed by atoms with Gasteiger partial charge in [-0.05, 0) is 25.1 Å². The van der Waals surface area contributed by atoms with E-state index in [0.29, 0.717) is 17.3 Å². The Kier molecular flexibility index (Phi) is 4.97. The van der Waals surface area contributed by atoms with Gasteiger partial charge in [0.15, 0.2) is 0 Å². The Morgan fingerprint density at radius 2 is 2.32 bits per heavy atom. The van der Waals surface area contributed by atoms with Gasteiger partial charge in [0.05, 0.1) is 6.10 Å². The van der Waals surface area contributed by atoms with Crippen LogP contribution in [0.1, 0.15) is 18.2 Å². The van der Waals surface area contributed by atoms with Crippen LogP contribution in [0.25, 0.3) is 0 Å². The van der Waals surface area contributed by atoms with E-state index in [0.717, 1.165) is 24.4 Å². The second-order valence-electron chi connectivity index (χ2n) is 4.51. The van der Waals surface area contributed by atoms with E-state index in [2.05, 4.69) is 5.32 Å². The third kappa shape index (κ3) is 3.35. The van der Waals surface area contributed by atoms with E-state index in [4.69, 9.17) is 4.74 Å². The smallest absolute Gasteiger partial charge is 0.252 e. The summed E-state index contributed by atoms with van der Waals surface area (Å²) >= 11 is 1.34. The standard InChI is InChI=1S/C12H20N2O3S2/c1-3-13-8-11-4-5-12(18-11)19(15,16)14-7-6-10(9-14)17-2/h4-5,10,13H,3,6-9H2,1-2H3. The molecule has 7 heteroatoms. The van der Waals surface area contributed by atoms with Crippen LogP contribution < -0.4 is 5.32 Å². The molecule has 1 N–H and O–H groups in total. The molecule has 1 aliphatic heterocycles. The van der Waals surface area contributed by atoms with Gasteiger partial charge in [0.25, 0.3) is 10.0 Å². The molecule has 1 aromatic heterocycles. The zero-order valence-electron chi connectivity index (χ0n) is 11.3. The summed E-state index contributed by atoms with van der Waals surface area (Å²) in [6.45, 7) is 4.62. The molecule has 1 aromatic rings. The highest BCUT2D eigenvalue weighted by molar-refractivity contribution is 7.91. The quantitative estimate of drug-likeness (QED) is 0.860. The minimum atomic E-state index is -3.34. The van der Waals surface area contributed by atoms with Crippen molar-refractivity contribution in [2.24, 2.45) is 0 Å². The summed E-state index contributed by atoms with van der Waals surface area (Å²) in [4.78, 5) is 1.04. The van der Waals surface area contributed by atoms with E-state index >= 15 is 0 Å². The Morgan fingerprint density at radius 1 is 1.53 bits per heavy atom. The fourth-order valence-electron chi connectivity index (χ4n) is 2.08. The number of hydrogen-bond donors (Lipinski definition) is 1. The summed E-state index contributed by atoms with van der Waals surface area (Å²) < 4.78 is 32.1. The first-order valence-corrected chi connectivity index (χ1v) is 8.66. The van der Waals surface area contributed by atoms with Gasteiger partial charge in [-0.2, -0.15) is 4.31 Å². The van der Waals surface area contributed by atoms with Crippen molar-refractivity contribution in [2.45, 2.75) is 30.2 Å². The maximum absolute atomic E-state index is 12.4. The minimum absolute atomic E-state index is 0.0240. The van der Waals surface area contributed by atoms with E-state index in [-0.39, 0.29) is 6.10 Å². The first-order valence-electron chi connectivity index (χ1n) is 6.40. The SMILES string of the molecule is CCNCc1ccc(S(=O)(=O)N2CCC(OC)C2)s1. The van der Waals surface area contributed by atoms with Gasteiger partial charge in [-0.3, -0.25) is 0 Å². The molecule has 0 bridgehead atoms. The van der Waals surface area contributed by atoms with Gasteiger partial charge in [-0.1, -0.05) is 6.92 Å². The fourth-order valence-corrected chi connectivity index (χ4v) is 5.04. The second kappa shape index (κ2) is 6.32. The van der Waals surface area contributed by atoms with Crippen LogP contribution in [-0.2, 0) is 21.3 Å². The van der Waals surface area contributed by atoms with Crippen molar-refractivity contribution in [3.8, 4) is 0 Å². The number of nitrogens with one attached hydrogen (secondary N) is 1. The van der Waals surface area contributed by atoms with Crippen LogP contribution in [0, 0.1) is 0 Å². The normalized spacial score (nSPS) is 21.1. The molecule has 0 aromatic carbocycles. The molecule has 2 heterocycles. The predicted molar refractivity (Wildman–Crippen MR) is 75.9 cm³/mol. The maximum atomic E-state index is 12.4. The number of thiophene rings is 1. The van der Waals surface area contributed by atoms with Gasteiger partial charge in [-0.25, -0.2) is 8.42 Å². The summed E-state index contributed by atoms with van der Waals surface area (Å²) in [7, 11) is -1.72. The molecule has 108 valence electrons. The van der Waals surface area contributed by atoms with Crippen LogP contribution in [-0.4, -0.2) is 45.6 Å². The van der Waals surface area contributed by atoms with Crippen LogP contribution in [0.5, 0.6) is 0 Å². The summed E-state index contributed by atoms with van der Waals surface area (Å²) in [5.74, 6) is 0. The highest BCUT2D eigenvalue weighted by Gasteiger charge is 2.33. The Hall–Kier alpha value is -0.470. The number of ether oxygens (including phenoxy) is 1. The van der Waals surface area contributed by atoms with Crippen molar-refractivity contribution in [1.29, 1.82) is 0 Å². The van der Waals surface area contributed by atoms with Crippen molar-refractivity contribution in [3.05, 3.63) is 17.0 Å². The maximum Gasteiger partial charge on any atom is 0.252 e. The number of sulfonamides is 1. The van der Waals surface area contributed by atoms with Crippen LogP contribution in [0.2, 0.25) is 0 Å². The molecule has 0 spiro atoms. The van der Waals surface area contributed by atoms with Crippen LogP contribution in [0.15, 0.2) is 16.3 Å². The Labute approximate surface area is 118 Å². The third-order valence-corrected chi connectivity index (χ3v) is 6.64. The number of methoxy groups -OCH3 is 1. The number of hydrogen-bond acceptors (Lipinski definition) is 5. The van der Waals surface area contributed by atoms with Crippen molar-refractivity contribution >= 4 is 21.4 Å². The molecule has 19 heavy (non-hydrogen) atoms. The zero-order chi connectivity index (χ0) is 13.9. The minimum Gasteiger partial charge on any atom is -0.380 e. The first kappa shape index (κ1) is 14.9. The second-order valence-corrected chi connectivity index (χ2v) is 7.84. The van der Waals surface area contributed by atoms with Crippen molar-refractivity contribution in [3.63, 3.8) is 0 Å². The zero-order valence-corrected chi connectivity index (χ0v) is 12.9. The average Bonchev–Trinajstić information content (AvgIpc) is 3.05. The number of rotatable bonds is 6. The molecule has 2 rings (SSSR count). The van der Waals surface area contributed by atoms with Gasteiger partial charge in [0.2, 0.25) is 0 Å².